The molecule has 2 aliphatic heterocycles. The van der Waals surface area contributed by atoms with Gasteiger partial charge in [-0.3, -0.25) is 9.59 Å². The van der Waals surface area contributed by atoms with Crippen LogP contribution in [-0.2, 0) is 20.9 Å². The second kappa shape index (κ2) is 9.54. The summed E-state index contributed by atoms with van der Waals surface area (Å²) in [5.74, 6) is 0.0431. The van der Waals surface area contributed by atoms with Gasteiger partial charge in [0.2, 0.25) is 5.91 Å². The molecule has 3 rings (SSSR count). The van der Waals surface area contributed by atoms with E-state index < -0.39 is 0 Å². The number of hydrogen-bond acceptors (Lipinski definition) is 5. The van der Waals surface area contributed by atoms with Crippen molar-refractivity contribution in [2.24, 2.45) is 11.0 Å². The highest BCUT2D eigenvalue weighted by Gasteiger charge is 2.30. The second-order valence-electron chi connectivity index (χ2n) is 7.73. The van der Waals surface area contributed by atoms with E-state index in [0.29, 0.717) is 51.5 Å². The summed E-state index contributed by atoms with van der Waals surface area (Å²) in [5, 5.41) is 5.72. The van der Waals surface area contributed by atoms with Crippen LogP contribution in [0.1, 0.15) is 32.3 Å². The molecule has 156 valence electrons. The Balaban J connectivity index is 1.56. The molecule has 1 saturated heterocycles. The van der Waals surface area contributed by atoms with E-state index in [1.165, 1.54) is 5.01 Å². The van der Waals surface area contributed by atoms with Gasteiger partial charge in [0, 0.05) is 39.0 Å². The molecule has 0 spiro atoms. The van der Waals surface area contributed by atoms with E-state index in [9.17, 15) is 14.4 Å². The third-order valence-electron chi connectivity index (χ3n) is 4.89. The van der Waals surface area contributed by atoms with Gasteiger partial charge in [-0.15, -0.1) is 0 Å². The molecule has 3 amide bonds. The Morgan fingerprint density at radius 1 is 1.03 bits per heavy atom. The lowest BCUT2D eigenvalue weighted by molar-refractivity contribution is -0.132. The van der Waals surface area contributed by atoms with Gasteiger partial charge in [-0.25, -0.2) is 9.80 Å². The van der Waals surface area contributed by atoms with E-state index in [1.54, 1.807) is 9.80 Å². The lowest BCUT2D eigenvalue weighted by atomic mass is 10.1. The smallest absolute Gasteiger partial charge is 0.409 e. The number of ether oxygens (including phenoxy) is 1. The van der Waals surface area contributed by atoms with Crippen LogP contribution in [0.3, 0.4) is 0 Å². The highest BCUT2D eigenvalue weighted by atomic mass is 16.6. The van der Waals surface area contributed by atoms with Crippen molar-refractivity contribution >= 4 is 23.6 Å². The first kappa shape index (κ1) is 20.8. The molecule has 8 heteroatoms. The van der Waals surface area contributed by atoms with Gasteiger partial charge in [0.05, 0.1) is 13.2 Å². The van der Waals surface area contributed by atoms with Crippen LogP contribution in [0, 0.1) is 5.92 Å². The number of hydrogen-bond donors (Lipinski definition) is 0. The zero-order valence-corrected chi connectivity index (χ0v) is 17.0. The van der Waals surface area contributed by atoms with Crippen molar-refractivity contribution in [3.8, 4) is 0 Å². The molecule has 0 N–H and O–H groups in total. The summed E-state index contributed by atoms with van der Waals surface area (Å²) in [6.07, 6.45) is 0.291. The van der Waals surface area contributed by atoms with Crippen molar-refractivity contribution in [1.29, 1.82) is 0 Å². The van der Waals surface area contributed by atoms with Gasteiger partial charge >= 0.3 is 6.09 Å². The molecule has 8 nitrogen and oxygen atoms in total. The molecule has 29 heavy (non-hydrogen) atoms. The van der Waals surface area contributed by atoms with Gasteiger partial charge in [-0.2, -0.15) is 5.10 Å². The number of nitrogens with zero attached hydrogens (tertiary/aromatic N) is 4. The highest BCUT2D eigenvalue weighted by molar-refractivity contribution is 6.39. The van der Waals surface area contributed by atoms with Crippen molar-refractivity contribution < 1.29 is 19.1 Å². The van der Waals surface area contributed by atoms with Crippen LogP contribution in [-0.4, -0.2) is 71.2 Å². The van der Waals surface area contributed by atoms with Crippen LogP contribution in [0.5, 0.6) is 0 Å². The summed E-state index contributed by atoms with van der Waals surface area (Å²) >= 11 is 0. The monoisotopic (exact) mass is 400 g/mol. The normalized spacial score (nSPS) is 17.4. The molecule has 2 aliphatic rings. The maximum absolute atomic E-state index is 12.9. The van der Waals surface area contributed by atoms with Gasteiger partial charge in [-0.05, 0) is 11.5 Å². The van der Waals surface area contributed by atoms with Crippen LogP contribution in [0.2, 0.25) is 0 Å². The Kier molecular flexibility index (Phi) is 6.85. The molecule has 1 aromatic rings. The molecule has 2 heterocycles. The Morgan fingerprint density at radius 2 is 1.69 bits per heavy atom. The number of piperazine rings is 1. The summed E-state index contributed by atoms with van der Waals surface area (Å²) in [7, 11) is 0. The summed E-state index contributed by atoms with van der Waals surface area (Å²) in [6.45, 7) is 6.45. The second-order valence-corrected chi connectivity index (χ2v) is 7.73. The van der Waals surface area contributed by atoms with E-state index in [1.807, 2.05) is 44.2 Å². The van der Waals surface area contributed by atoms with Crippen LogP contribution >= 0.6 is 0 Å². The van der Waals surface area contributed by atoms with Gasteiger partial charge in [0.25, 0.3) is 5.91 Å². The largest absolute Gasteiger partial charge is 0.449 e. The fraction of sp³-hybridized carbons (Fsp3) is 0.524. The molecule has 1 aromatic carbocycles. The molecule has 0 radical (unpaired) electrons. The van der Waals surface area contributed by atoms with Crippen molar-refractivity contribution in [2.75, 3.05) is 32.8 Å². The zero-order chi connectivity index (χ0) is 20.8. The van der Waals surface area contributed by atoms with Gasteiger partial charge in [-0.1, -0.05) is 44.2 Å². The van der Waals surface area contributed by atoms with Crippen LogP contribution in [0.25, 0.3) is 0 Å². The molecule has 0 bridgehead atoms. The van der Waals surface area contributed by atoms with Crippen molar-refractivity contribution in [3.05, 3.63) is 35.9 Å². The van der Waals surface area contributed by atoms with Crippen molar-refractivity contribution in [1.82, 2.24) is 14.8 Å². The molecular weight excluding hydrogens is 372 g/mol. The maximum atomic E-state index is 12.9. The number of rotatable bonds is 5. The maximum Gasteiger partial charge on any atom is 0.409 e. The highest BCUT2D eigenvalue weighted by Crippen LogP contribution is 2.16. The summed E-state index contributed by atoms with van der Waals surface area (Å²) < 4.78 is 5.25. The number of carbonyl (C=O) groups excluding carboxylic acids is 3. The van der Waals surface area contributed by atoms with Gasteiger partial charge in [0.15, 0.2) is 0 Å². The standard InChI is InChI=1S/C21H28N4O4/c1-16(2)15-29-21(28)24-12-10-23(11-13-24)20(27)18-8-9-19(26)25(22-18)14-17-6-4-3-5-7-17/h3-7,16H,8-15H2,1-2H3. The van der Waals surface area contributed by atoms with E-state index in [0.717, 1.165) is 5.56 Å². The fourth-order valence-electron chi connectivity index (χ4n) is 3.24. The predicted octanol–water partition coefficient (Wildman–Crippen LogP) is 2.10. The molecule has 0 unspecified atom stereocenters. The van der Waals surface area contributed by atoms with Gasteiger partial charge < -0.3 is 14.5 Å². The molecule has 0 atom stereocenters. The summed E-state index contributed by atoms with van der Waals surface area (Å²) in [4.78, 5) is 40.5. The number of benzene rings is 1. The minimum Gasteiger partial charge on any atom is -0.449 e. The zero-order valence-electron chi connectivity index (χ0n) is 17.0. The third kappa shape index (κ3) is 5.56. The minimum atomic E-state index is -0.333. The van der Waals surface area contributed by atoms with Crippen LogP contribution in [0.15, 0.2) is 35.4 Å². The Hall–Kier alpha value is -2.90. The van der Waals surface area contributed by atoms with Crippen LogP contribution < -0.4 is 0 Å². The quantitative estimate of drug-likeness (QED) is 0.758. The van der Waals surface area contributed by atoms with Gasteiger partial charge in [0.1, 0.15) is 5.71 Å². The predicted molar refractivity (Wildman–Crippen MR) is 108 cm³/mol. The number of hydrazone groups is 1. The van der Waals surface area contributed by atoms with Crippen molar-refractivity contribution in [2.45, 2.75) is 33.2 Å². The first-order valence-corrected chi connectivity index (χ1v) is 10.1. The van der Waals surface area contributed by atoms with Crippen LogP contribution in [0.4, 0.5) is 4.79 Å². The minimum absolute atomic E-state index is 0.0804. The number of amides is 3. The van der Waals surface area contributed by atoms with E-state index in [2.05, 4.69) is 5.10 Å². The first-order valence-electron chi connectivity index (χ1n) is 10.1. The lowest BCUT2D eigenvalue weighted by Gasteiger charge is -2.35. The van der Waals surface area contributed by atoms with E-state index in [-0.39, 0.29) is 30.2 Å². The Labute approximate surface area is 171 Å². The fourth-order valence-corrected chi connectivity index (χ4v) is 3.24. The SMILES string of the molecule is CC(C)COC(=O)N1CCN(C(=O)C2=NN(Cc3ccccc3)C(=O)CC2)CC1. The summed E-state index contributed by atoms with van der Waals surface area (Å²) in [6, 6.07) is 9.58. The molecular formula is C21H28N4O4. The Morgan fingerprint density at radius 3 is 2.34 bits per heavy atom. The summed E-state index contributed by atoms with van der Waals surface area (Å²) in [5.41, 5.74) is 1.36. The molecule has 1 fully saturated rings. The molecule has 0 aliphatic carbocycles. The topological polar surface area (TPSA) is 82.5 Å². The number of carbonyl (C=O) groups is 3. The van der Waals surface area contributed by atoms with E-state index >= 15 is 0 Å². The van der Waals surface area contributed by atoms with Crippen molar-refractivity contribution in [3.63, 3.8) is 0 Å². The molecule has 0 aromatic heterocycles. The Bertz CT molecular complexity index is 770. The molecule has 0 saturated carbocycles. The average Bonchev–Trinajstić information content (AvgIpc) is 2.74. The first-order chi connectivity index (χ1) is 13.9. The average molecular weight is 400 g/mol. The third-order valence-corrected chi connectivity index (χ3v) is 4.89. The lowest BCUT2D eigenvalue weighted by Crippen LogP contribution is -2.53. The van der Waals surface area contributed by atoms with E-state index in [4.69, 9.17) is 4.74 Å².